The van der Waals surface area contributed by atoms with Gasteiger partial charge in [-0.3, -0.25) is 63.8 Å². The second-order valence-electron chi connectivity index (χ2n) is 31.2. The number of aromatic amines is 5. The van der Waals surface area contributed by atoms with Crippen LogP contribution in [0.5, 0.6) is 0 Å². The second-order valence-corrected chi connectivity index (χ2v) is 32.5. The van der Waals surface area contributed by atoms with Crippen molar-refractivity contribution in [1.82, 2.24) is 84.0 Å². The van der Waals surface area contributed by atoms with Crippen molar-refractivity contribution in [3.8, 4) is 12.1 Å². The van der Waals surface area contributed by atoms with E-state index in [2.05, 4.69) is 66.5 Å². The number of aromatic nitrogens is 15. The molecule has 0 saturated carbocycles. The Morgan fingerprint density at radius 1 is 0.434 bits per heavy atom. The summed E-state index contributed by atoms with van der Waals surface area (Å²) in [5.74, 6) is -0.529. The molecule has 8 aromatic carbocycles. The molecule has 0 radical (unpaired) electrons. The highest BCUT2D eigenvalue weighted by atomic mass is 35.5. The predicted octanol–water partition coefficient (Wildman–Crippen LogP) is 13.0. The number of fused-ring (bicyclic) bond motifs is 15. The molecule has 0 spiro atoms. The highest BCUT2D eigenvalue weighted by Gasteiger charge is 2.24. The van der Waals surface area contributed by atoms with Crippen LogP contribution in [0, 0.1) is 43.4 Å². The van der Waals surface area contributed by atoms with Crippen LogP contribution in [0.4, 0.5) is 10.4 Å². The third-order valence-corrected chi connectivity index (χ3v) is 23.1. The van der Waals surface area contributed by atoms with E-state index in [4.69, 9.17) is 63.0 Å². The Morgan fingerprint density at radius 2 is 0.791 bits per heavy atom. The Balaban J connectivity index is 0.000000138. The number of nitriles is 2. The van der Waals surface area contributed by atoms with Gasteiger partial charge in [0.25, 0.3) is 27.8 Å². The molecular weight excluding hydrogens is 1700 g/mol. The zero-order valence-electron chi connectivity index (χ0n) is 71.1. The van der Waals surface area contributed by atoms with Gasteiger partial charge in [0.15, 0.2) is 11.4 Å². The minimum Gasteiger partial charge on any atom is -0.355 e. The quantitative estimate of drug-likeness (QED) is 0.0265. The number of para-hydroxylation sites is 5. The number of benzene rings is 8. The average molecular weight is 1800 g/mol. The van der Waals surface area contributed by atoms with Gasteiger partial charge in [-0.15, -0.1) is 0 Å². The number of hydrogen-bond acceptors (Lipinski definition) is 19. The molecule has 10 heterocycles. The number of carbonyl (C=O) groups excluding carboxylic acids is 2. The number of carbonyl (C=O) groups is 2. The molecule has 3 atom stereocenters. The van der Waals surface area contributed by atoms with Crippen molar-refractivity contribution in [1.29, 1.82) is 10.5 Å². The first kappa shape index (κ1) is 92.4. The normalized spacial score (nSPS) is 12.0. The van der Waals surface area contributed by atoms with E-state index in [1.165, 1.54) is 0 Å². The lowest BCUT2D eigenvalue weighted by atomic mass is 10.0. The van der Waals surface area contributed by atoms with Crippen molar-refractivity contribution in [2.75, 3.05) is 39.0 Å². The lowest BCUT2D eigenvalue weighted by Gasteiger charge is -2.15. The average Bonchev–Trinajstić information content (AvgIpc) is 1.68. The number of aryl methyl sites for hydroxylation is 8. The smallest absolute Gasteiger partial charge is 0.263 e. The summed E-state index contributed by atoms with van der Waals surface area (Å²) in [5, 5.41) is 68.1. The van der Waals surface area contributed by atoms with Crippen LogP contribution >= 0.6 is 34.8 Å². The van der Waals surface area contributed by atoms with Crippen molar-refractivity contribution in [3.63, 3.8) is 0 Å². The molecule has 0 saturated heterocycles. The summed E-state index contributed by atoms with van der Waals surface area (Å²) < 4.78 is 8.63. The molecule has 31 nitrogen and oxygen atoms in total. The van der Waals surface area contributed by atoms with Crippen LogP contribution in [0.3, 0.4) is 0 Å². The summed E-state index contributed by atoms with van der Waals surface area (Å²) in [6.45, 7) is 9.84. The summed E-state index contributed by atoms with van der Waals surface area (Å²) in [5.41, 5.74) is 36.0. The van der Waals surface area contributed by atoms with Crippen LogP contribution < -0.4 is 61.4 Å². The van der Waals surface area contributed by atoms with E-state index in [9.17, 15) is 38.8 Å². The highest BCUT2D eigenvalue weighted by Crippen LogP contribution is 2.30. The van der Waals surface area contributed by atoms with Gasteiger partial charge in [-0.2, -0.15) is 36.0 Å². The van der Waals surface area contributed by atoms with E-state index in [1.807, 2.05) is 205 Å². The van der Waals surface area contributed by atoms with Gasteiger partial charge in [0.05, 0.1) is 66.9 Å². The Bertz CT molecular complexity index is 7590. The number of anilines is 1. The molecule has 35 heteroatoms. The van der Waals surface area contributed by atoms with Crippen LogP contribution in [-0.4, -0.2) is 136 Å². The fraction of sp³-hybridized carbons (Fsp3) is 0.234. The van der Waals surface area contributed by atoms with E-state index >= 15 is 0 Å². The molecule has 15 N–H and O–H groups in total. The van der Waals surface area contributed by atoms with Crippen molar-refractivity contribution >= 4 is 161 Å². The van der Waals surface area contributed by atoms with Crippen LogP contribution in [0.25, 0.3) is 109 Å². The molecule has 0 aliphatic carbocycles. The Morgan fingerprint density at radius 3 is 1.20 bits per heavy atom. The number of nitrogens with two attached hydrogens (primary N) is 4. The van der Waals surface area contributed by atoms with Crippen LogP contribution in [-0.2, 0) is 48.7 Å². The van der Waals surface area contributed by atoms with Crippen molar-refractivity contribution in [2.24, 2.45) is 22.9 Å². The summed E-state index contributed by atoms with van der Waals surface area (Å²) in [6, 6.07) is 62.4. The van der Waals surface area contributed by atoms with E-state index in [0.717, 1.165) is 95.5 Å². The third-order valence-electron chi connectivity index (χ3n) is 22.4. The molecule has 18 aromatic rings. The number of amides is 2. The van der Waals surface area contributed by atoms with Gasteiger partial charge in [0, 0.05) is 110 Å². The lowest BCUT2D eigenvalue weighted by molar-refractivity contribution is -0.122. The molecule has 0 fully saturated rings. The van der Waals surface area contributed by atoms with Gasteiger partial charge < -0.3 is 61.3 Å². The van der Waals surface area contributed by atoms with Crippen molar-refractivity contribution < 1.29 is 14.3 Å². The number of rotatable bonds is 23. The first-order valence-electron chi connectivity index (χ1n) is 41.5. The number of nitrogens with one attached hydrogen (secondary N) is 7. The van der Waals surface area contributed by atoms with Gasteiger partial charge in [-0.1, -0.05) is 150 Å². The Hall–Kier alpha value is -14.3. The van der Waals surface area contributed by atoms with Gasteiger partial charge in [-0.05, 0) is 176 Å². The number of halogens is 4. The summed E-state index contributed by atoms with van der Waals surface area (Å²) in [4.78, 5) is 91.5. The van der Waals surface area contributed by atoms with Crippen LogP contribution in [0.2, 0.25) is 15.1 Å². The van der Waals surface area contributed by atoms with Crippen LogP contribution in [0.1, 0.15) is 77.7 Å². The third kappa shape index (κ3) is 19.9. The molecule has 660 valence electrons. The zero-order chi connectivity index (χ0) is 90.6. The first-order chi connectivity index (χ1) is 61.9. The monoisotopic (exact) mass is 1790 g/mol. The fourth-order valence-electron chi connectivity index (χ4n) is 15.9. The maximum atomic E-state index is 13.1. The predicted molar refractivity (Wildman–Crippen MR) is 509 cm³/mol. The maximum absolute atomic E-state index is 13.1. The topological polar surface area (TPSA) is 466 Å². The summed E-state index contributed by atoms with van der Waals surface area (Å²) in [6.07, 6.45) is 3.56. The summed E-state index contributed by atoms with van der Waals surface area (Å²) in [7, 11) is 4.02. The van der Waals surface area contributed by atoms with Gasteiger partial charge in [0.1, 0.15) is 39.5 Å². The van der Waals surface area contributed by atoms with Gasteiger partial charge >= 0.3 is 0 Å². The number of hydrogen-bond donors (Lipinski definition) is 11. The van der Waals surface area contributed by atoms with Gasteiger partial charge in [-0.25, -0.2) is 0 Å². The summed E-state index contributed by atoms with van der Waals surface area (Å²) >= 11 is 17.7. The largest absolute Gasteiger partial charge is 0.355 e. The molecule has 18 rings (SSSR count). The molecule has 129 heavy (non-hydrogen) atoms. The zero-order valence-corrected chi connectivity index (χ0v) is 73.4. The number of nitrogens with zero attached hydrogens (tertiary/aromatic N) is 13. The fourth-order valence-corrected chi connectivity index (χ4v) is 16.2. The van der Waals surface area contributed by atoms with E-state index in [-0.39, 0.29) is 61.7 Å². The molecule has 2 amide bonds. The SMILES string of the molecule is CN(C)CCCn1c(=O)c2c(C#N)n[nH]c2c2ccccc21.Cc1[nH]nc2c1c(=O)n(CCC(N)C(=O)Nc1ccc(Cl)cc1)c1ccccc21.Cc1[nH]nc2c1c(=O)n(CCC(N)c1ccc(Cl)cc1)c1ccccc21.Cc1[nH]nc2c1c(=O)n(CCCNC(=O)C(N)Cc1ccc(Cl)cc1)c1ccccc21.F.N#Cc1n[nH]c2c1c(=O)n(CCCN)c1ccccc21. The van der Waals surface area contributed by atoms with E-state index in [1.54, 1.807) is 59.2 Å². The minimum absolute atomic E-state index is 0. The Labute approximate surface area is 750 Å². The number of pyridine rings is 5. The van der Waals surface area contributed by atoms with E-state index in [0.29, 0.717) is 153 Å². The molecule has 0 aliphatic heterocycles. The Kier molecular flexibility index (Phi) is 29.7. The van der Waals surface area contributed by atoms with Crippen LogP contribution in [0.15, 0.2) is 218 Å². The van der Waals surface area contributed by atoms with Crippen molar-refractivity contribution in [3.05, 3.63) is 301 Å². The van der Waals surface area contributed by atoms with Gasteiger partial charge in [0.2, 0.25) is 11.8 Å². The first-order valence-corrected chi connectivity index (χ1v) is 42.6. The maximum Gasteiger partial charge on any atom is 0.263 e. The molecule has 0 aliphatic rings. The number of H-pyrrole nitrogens is 5. The van der Waals surface area contributed by atoms with Crippen molar-refractivity contribution in [2.45, 2.75) is 110 Å². The molecule has 3 unspecified atom stereocenters. The molecular formula is C94H94Cl3FN24O7. The lowest BCUT2D eigenvalue weighted by Crippen LogP contribution is -2.42. The molecule has 0 bridgehead atoms. The minimum atomic E-state index is -0.766. The second kappa shape index (κ2) is 41.4. The van der Waals surface area contributed by atoms with E-state index < -0.39 is 12.1 Å². The molecule has 10 aromatic heterocycles. The standard InChI is InChI=1S/C23H24ClN5O2.C21H20ClN5O2.C20H19ClN4O.C16H17N5O.C14H13N5O.FH/c1-14-20-21(28-27-14)17-5-2-3-6-19(17)29(23(20)31)12-4-11-26-22(30)18(25)13-15-7-9-16(24)10-8-15;1-12-18-19(26-25-12)15-4-2-3-5-17(15)27(21(18)29)11-10-16(23)20(28)24-14-8-6-13(22)7-9-14;1-12-18-19(24-23-12)15-4-2-3-5-17(15)25(20(18)26)11-10-16(22)13-6-8-14(21)9-7-13;1-20(2)8-5-9-21-13-7-4-3-6-11(13)15-14(16(21)22)12(10-17)18-19-15;15-6-3-7-19-11-5-2-1-4-9(11)13-12(14(19)20)10(8-16)17-18-13;/h2-3,5-10,18H,4,11-13,25H2,1H3,(H,26,30)(H,27,28);2-9,16H,10-11,23H2,1H3,(H,24,28)(H,25,26);2-9,16H,10-11,22H2,1H3,(H,23,24);3-4,6-7H,5,8-9H2,1-2H3,(H,18,19);1-2,4-5H,3,6-7,15H2,(H,17,18);1H. The highest BCUT2D eigenvalue weighted by molar-refractivity contribution is 6.31.